The number of benzene rings is 1. The normalized spacial score (nSPS) is 20.8. The summed E-state index contributed by atoms with van der Waals surface area (Å²) in [7, 11) is 1.70. The highest BCUT2D eigenvalue weighted by molar-refractivity contribution is 5.38. The van der Waals surface area contributed by atoms with Crippen LogP contribution >= 0.6 is 0 Å². The molecule has 3 aliphatic rings. The molecule has 0 saturated carbocycles. The number of rotatable bonds is 2. The van der Waals surface area contributed by atoms with Crippen molar-refractivity contribution in [3.63, 3.8) is 0 Å². The van der Waals surface area contributed by atoms with Crippen LogP contribution < -0.4 is 4.74 Å². The van der Waals surface area contributed by atoms with Gasteiger partial charge in [-0.1, -0.05) is 19.1 Å². The minimum absolute atomic E-state index is 0.365. The molecule has 1 unspecified atom stereocenters. The third kappa shape index (κ3) is 2.36. The molecule has 88 valence electrons. The number of hydrogen-bond donors (Lipinski definition) is 0. The molecule has 0 radical (unpaired) electrons. The van der Waals surface area contributed by atoms with E-state index in [2.05, 4.69) is 19.1 Å². The van der Waals surface area contributed by atoms with Gasteiger partial charge in [0.1, 0.15) is 5.75 Å². The zero-order valence-corrected chi connectivity index (χ0v) is 9.86. The van der Waals surface area contributed by atoms with E-state index in [1.807, 2.05) is 6.07 Å². The van der Waals surface area contributed by atoms with Crippen LogP contribution in [0.5, 0.6) is 5.75 Å². The summed E-state index contributed by atoms with van der Waals surface area (Å²) in [5.74, 6) is 1.03. The molecule has 0 bridgehead atoms. The highest BCUT2D eigenvalue weighted by Crippen LogP contribution is 2.22. The molecule has 1 aliphatic heterocycles. The molecule has 0 aromatic carbocycles. The van der Waals surface area contributed by atoms with Crippen LogP contribution in [0.15, 0.2) is 18.2 Å². The summed E-state index contributed by atoms with van der Waals surface area (Å²) in [5.41, 5.74) is 0. The highest BCUT2D eigenvalue weighted by atomic mass is 16.6. The van der Waals surface area contributed by atoms with Crippen molar-refractivity contribution in [2.45, 2.75) is 19.4 Å². The lowest BCUT2D eigenvalue weighted by Crippen LogP contribution is -2.27. The summed E-state index contributed by atoms with van der Waals surface area (Å²) in [6, 6.07) is 6.18. The molecule has 0 spiro atoms. The Morgan fingerprint density at radius 1 is 1.38 bits per heavy atom. The van der Waals surface area contributed by atoms with Crippen molar-refractivity contribution < 1.29 is 14.2 Å². The zero-order chi connectivity index (χ0) is 11.4. The summed E-state index contributed by atoms with van der Waals surface area (Å²) in [5, 5.41) is 2.62. The Morgan fingerprint density at radius 3 is 2.50 bits per heavy atom. The first-order chi connectivity index (χ1) is 7.85. The van der Waals surface area contributed by atoms with E-state index >= 15 is 0 Å². The molecule has 3 nitrogen and oxygen atoms in total. The average Bonchev–Trinajstić information content (AvgIpc) is 2.34. The highest BCUT2D eigenvalue weighted by Gasteiger charge is 2.10. The molecule has 1 heterocycles. The van der Waals surface area contributed by atoms with Gasteiger partial charge < -0.3 is 14.2 Å². The van der Waals surface area contributed by atoms with Gasteiger partial charge in [0.15, 0.2) is 0 Å². The van der Waals surface area contributed by atoms with Crippen molar-refractivity contribution in [2.75, 3.05) is 26.9 Å². The summed E-state index contributed by atoms with van der Waals surface area (Å²) in [6.45, 7) is 4.45. The lowest BCUT2D eigenvalue weighted by atomic mass is 10.1. The van der Waals surface area contributed by atoms with Gasteiger partial charge >= 0.3 is 0 Å². The lowest BCUT2D eigenvalue weighted by molar-refractivity contribution is -0.0887. The molecular formula is C13H18O3. The Hall–Kier alpha value is -1.06. The van der Waals surface area contributed by atoms with E-state index in [1.165, 1.54) is 10.4 Å². The summed E-state index contributed by atoms with van der Waals surface area (Å²) >= 11 is 0. The van der Waals surface area contributed by atoms with Crippen LogP contribution in [0.1, 0.15) is 13.3 Å². The molecule has 2 aliphatic carbocycles. The van der Waals surface area contributed by atoms with Crippen LogP contribution in [0.2, 0.25) is 0 Å². The maximum Gasteiger partial charge on any atom is 0.127 e. The zero-order valence-electron chi connectivity index (χ0n) is 9.86. The first-order valence-corrected chi connectivity index (χ1v) is 5.73. The minimum Gasteiger partial charge on any atom is -0.496 e. The fourth-order valence-corrected chi connectivity index (χ4v) is 1.70. The second-order valence-electron chi connectivity index (χ2n) is 3.89. The van der Waals surface area contributed by atoms with Crippen molar-refractivity contribution in [2.24, 2.45) is 0 Å². The Balaban J connectivity index is 0.000000120. The van der Waals surface area contributed by atoms with Gasteiger partial charge in [-0.15, -0.1) is 0 Å². The minimum atomic E-state index is 0.365. The van der Waals surface area contributed by atoms with Gasteiger partial charge in [0.05, 0.1) is 33.0 Å². The molecule has 0 aromatic heterocycles. The predicted molar refractivity (Wildman–Crippen MR) is 61.5 cm³/mol. The molecule has 1 saturated heterocycles. The molecule has 3 rings (SSSR count). The molecule has 3 heteroatoms. The SMILES string of the molecule is CCC1COCCO1.COc1cc2ccc1=2. The molecule has 0 aromatic rings. The summed E-state index contributed by atoms with van der Waals surface area (Å²) in [6.07, 6.45) is 1.43. The maximum atomic E-state index is 5.30. The fraction of sp³-hybridized carbons (Fsp3) is 0.538. The van der Waals surface area contributed by atoms with Gasteiger partial charge in [0, 0.05) is 5.22 Å². The van der Waals surface area contributed by atoms with Gasteiger partial charge in [-0.25, -0.2) is 0 Å². The standard InChI is InChI=1S/C7H6O.C6H12O2/c1-8-7-4-5-2-3-6(5)7;1-2-6-5-7-3-4-8-6/h2-4H,1H3;6H,2-5H2,1H3. The second kappa shape index (κ2) is 5.32. The number of hydrogen-bond acceptors (Lipinski definition) is 3. The van der Waals surface area contributed by atoms with E-state index < -0.39 is 0 Å². The Labute approximate surface area is 95.6 Å². The van der Waals surface area contributed by atoms with E-state index in [-0.39, 0.29) is 0 Å². The van der Waals surface area contributed by atoms with Crippen molar-refractivity contribution in [1.29, 1.82) is 0 Å². The van der Waals surface area contributed by atoms with E-state index in [1.54, 1.807) is 7.11 Å². The van der Waals surface area contributed by atoms with Gasteiger partial charge in [0.2, 0.25) is 0 Å². The van der Waals surface area contributed by atoms with Crippen molar-refractivity contribution in [3.8, 4) is 5.75 Å². The Kier molecular flexibility index (Phi) is 3.80. The number of methoxy groups -OCH3 is 1. The van der Waals surface area contributed by atoms with Crippen LogP contribution in [0.4, 0.5) is 0 Å². The van der Waals surface area contributed by atoms with Gasteiger partial charge in [0.25, 0.3) is 0 Å². The maximum absolute atomic E-state index is 5.30. The third-order valence-corrected chi connectivity index (χ3v) is 2.85. The Bertz CT molecular complexity index is 421. The predicted octanol–water partition coefficient (Wildman–Crippen LogP) is 2.11. The van der Waals surface area contributed by atoms with E-state index in [0.717, 1.165) is 32.0 Å². The topological polar surface area (TPSA) is 27.7 Å². The van der Waals surface area contributed by atoms with E-state index in [9.17, 15) is 0 Å². The number of ether oxygens (including phenoxy) is 3. The molecule has 1 atom stereocenters. The molecular weight excluding hydrogens is 204 g/mol. The molecule has 0 amide bonds. The van der Waals surface area contributed by atoms with E-state index in [4.69, 9.17) is 14.2 Å². The van der Waals surface area contributed by atoms with Crippen LogP contribution in [-0.2, 0) is 9.47 Å². The van der Waals surface area contributed by atoms with Gasteiger partial charge in [-0.3, -0.25) is 0 Å². The smallest absolute Gasteiger partial charge is 0.127 e. The fourth-order valence-electron chi connectivity index (χ4n) is 1.70. The molecule has 16 heavy (non-hydrogen) atoms. The van der Waals surface area contributed by atoms with Crippen LogP contribution in [-0.4, -0.2) is 33.0 Å². The van der Waals surface area contributed by atoms with Crippen LogP contribution in [0, 0.1) is 10.4 Å². The van der Waals surface area contributed by atoms with Crippen molar-refractivity contribution >= 4 is 0 Å². The van der Waals surface area contributed by atoms with Crippen molar-refractivity contribution in [3.05, 3.63) is 28.6 Å². The molecule has 0 N–H and O–H groups in total. The monoisotopic (exact) mass is 222 g/mol. The second-order valence-corrected chi connectivity index (χ2v) is 3.89. The van der Waals surface area contributed by atoms with Gasteiger partial charge in [-0.05, 0) is 17.7 Å². The lowest BCUT2D eigenvalue weighted by Gasteiger charge is -2.20. The van der Waals surface area contributed by atoms with Crippen molar-refractivity contribution in [1.82, 2.24) is 0 Å². The summed E-state index contributed by atoms with van der Waals surface area (Å²) in [4.78, 5) is 0. The van der Waals surface area contributed by atoms with Crippen LogP contribution in [0.3, 0.4) is 0 Å². The van der Waals surface area contributed by atoms with Crippen LogP contribution in [0.25, 0.3) is 0 Å². The summed E-state index contributed by atoms with van der Waals surface area (Å²) < 4.78 is 15.4. The Morgan fingerprint density at radius 2 is 2.25 bits per heavy atom. The van der Waals surface area contributed by atoms with E-state index in [0.29, 0.717) is 6.10 Å². The van der Waals surface area contributed by atoms with Gasteiger partial charge in [-0.2, -0.15) is 0 Å². The average molecular weight is 222 g/mol. The first kappa shape index (κ1) is 11.4. The molecule has 1 fully saturated rings. The largest absolute Gasteiger partial charge is 0.496 e. The first-order valence-electron chi connectivity index (χ1n) is 5.73. The third-order valence-electron chi connectivity index (χ3n) is 2.85. The quantitative estimate of drug-likeness (QED) is 0.779.